The maximum absolute atomic E-state index is 12.7. The molecule has 2 heterocycles. The number of piperazine rings is 1. The molecule has 29 heavy (non-hydrogen) atoms. The quantitative estimate of drug-likeness (QED) is 0.797. The Morgan fingerprint density at radius 3 is 2.17 bits per heavy atom. The Bertz CT molecular complexity index is 728. The molecule has 0 radical (unpaired) electrons. The Morgan fingerprint density at radius 2 is 1.62 bits per heavy atom. The van der Waals surface area contributed by atoms with Crippen molar-refractivity contribution in [2.75, 3.05) is 26.2 Å². The van der Waals surface area contributed by atoms with Gasteiger partial charge in [-0.25, -0.2) is 5.43 Å². The Labute approximate surface area is 168 Å². The van der Waals surface area contributed by atoms with Gasteiger partial charge in [-0.15, -0.1) is 0 Å². The number of amides is 2. The molecule has 3 rings (SSSR count). The number of hydrazine groups is 1. The van der Waals surface area contributed by atoms with Crippen LogP contribution in [-0.4, -0.2) is 59.9 Å². The van der Waals surface area contributed by atoms with Crippen molar-refractivity contribution in [1.29, 1.82) is 0 Å². The van der Waals surface area contributed by atoms with E-state index in [-0.39, 0.29) is 29.5 Å². The van der Waals surface area contributed by atoms with Gasteiger partial charge < -0.3 is 9.80 Å². The summed E-state index contributed by atoms with van der Waals surface area (Å²) < 4.78 is 38.0. The standard InChI is InChI=1S/C20H27F3N4O2/c1-13(2)11-16-12-17(25-24-16)19(29)27-9-7-26(8-10-27)18(28)14-3-5-15(6-4-14)20(21,22)23/h3-6,13,16-17,24-25H,7-12H2,1-2H3. The summed E-state index contributed by atoms with van der Waals surface area (Å²) in [7, 11) is 0. The second kappa shape index (κ2) is 8.71. The molecule has 1 aromatic carbocycles. The molecule has 2 saturated heterocycles. The van der Waals surface area contributed by atoms with Crippen LogP contribution >= 0.6 is 0 Å². The van der Waals surface area contributed by atoms with Gasteiger partial charge in [-0.1, -0.05) is 13.8 Å². The second-order valence-corrected chi connectivity index (χ2v) is 8.10. The van der Waals surface area contributed by atoms with Crippen LogP contribution in [0.1, 0.15) is 42.6 Å². The minimum absolute atomic E-state index is 0.0189. The third kappa shape index (κ3) is 5.27. The fourth-order valence-corrected chi connectivity index (χ4v) is 3.84. The molecule has 0 bridgehead atoms. The third-order valence-electron chi connectivity index (χ3n) is 5.37. The molecule has 2 N–H and O–H groups in total. The van der Waals surface area contributed by atoms with Crippen LogP contribution in [0.25, 0.3) is 0 Å². The van der Waals surface area contributed by atoms with Crippen molar-refractivity contribution in [2.45, 2.75) is 44.9 Å². The van der Waals surface area contributed by atoms with E-state index in [0.717, 1.165) is 25.0 Å². The highest BCUT2D eigenvalue weighted by Crippen LogP contribution is 2.29. The first-order valence-electron chi connectivity index (χ1n) is 9.91. The van der Waals surface area contributed by atoms with Crippen LogP contribution < -0.4 is 10.9 Å². The highest BCUT2D eigenvalue weighted by atomic mass is 19.4. The van der Waals surface area contributed by atoms with Crippen LogP contribution in [-0.2, 0) is 11.0 Å². The normalized spacial score (nSPS) is 23.0. The Kier molecular flexibility index (Phi) is 6.48. The summed E-state index contributed by atoms with van der Waals surface area (Å²) in [4.78, 5) is 28.6. The number of rotatable bonds is 4. The summed E-state index contributed by atoms with van der Waals surface area (Å²) in [6.45, 7) is 5.84. The van der Waals surface area contributed by atoms with E-state index in [4.69, 9.17) is 0 Å². The van der Waals surface area contributed by atoms with Gasteiger partial charge in [0, 0.05) is 37.8 Å². The summed E-state index contributed by atoms with van der Waals surface area (Å²) in [5, 5.41) is 0. The minimum atomic E-state index is -4.43. The highest BCUT2D eigenvalue weighted by molar-refractivity contribution is 5.94. The molecule has 160 valence electrons. The zero-order valence-electron chi connectivity index (χ0n) is 16.6. The molecule has 2 atom stereocenters. The summed E-state index contributed by atoms with van der Waals surface area (Å²) in [6, 6.07) is 4.23. The zero-order chi connectivity index (χ0) is 21.2. The first-order valence-corrected chi connectivity index (χ1v) is 9.91. The van der Waals surface area contributed by atoms with Crippen molar-refractivity contribution in [1.82, 2.24) is 20.7 Å². The number of nitrogens with one attached hydrogen (secondary N) is 2. The van der Waals surface area contributed by atoms with Gasteiger partial charge in [0.05, 0.1) is 5.56 Å². The SMILES string of the molecule is CC(C)CC1CC(C(=O)N2CCN(C(=O)c3ccc(C(F)(F)F)cc3)CC2)NN1. The maximum atomic E-state index is 12.7. The van der Waals surface area contributed by atoms with Crippen LogP contribution in [0, 0.1) is 5.92 Å². The first-order chi connectivity index (χ1) is 13.6. The Hall–Kier alpha value is -2.13. The number of benzene rings is 1. The smallest absolute Gasteiger partial charge is 0.338 e. The predicted molar refractivity (Wildman–Crippen MR) is 102 cm³/mol. The van der Waals surface area contributed by atoms with Crippen LogP contribution in [0.15, 0.2) is 24.3 Å². The molecule has 0 saturated carbocycles. The number of hydrogen-bond donors (Lipinski definition) is 2. The summed E-state index contributed by atoms with van der Waals surface area (Å²) >= 11 is 0. The lowest BCUT2D eigenvalue weighted by Gasteiger charge is -2.36. The molecule has 9 heteroatoms. The van der Waals surface area contributed by atoms with E-state index in [9.17, 15) is 22.8 Å². The van der Waals surface area contributed by atoms with Crippen LogP contribution in [0.3, 0.4) is 0 Å². The number of carbonyl (C=O) groups is 2. The highest BCUT2D eigenvalue weighted by Gasteiger charge is 2.34. The number of hydrogen-bond acceptors (Lipinski definition) is 4. The molecule has 0 aliphatic carbocycles. The Morgan fingerprint density at radius 1 is 1.03 bits per heavy atom. The maximum Gasteiger partial charge on any atom is 0.416 e. The van der Waals surface area contributed by atoms with E-state index in [0.29, 0.717) is 32.1 Å². The van der Waals surface area contributed by atoms with E-state index in [1.807, 2.05) is 0 Å². The number of nitrogens with zero attached hydrogens (tertiary/aromatic N) is 2. The number of halogens is 3. The minimum Gasteiger partial charge on any atom is -0.338 e. The van der Waals surface area contributed by atoms with Gasteiger partial charge in [0.25, 0.3) is 5.91 Å². The average Bonchev–Trinajstić information content (AvgIpc) is 3.14. The molecular formula is C20H27F3N4O2. The predicted octanol–water partition coefficient (Wildman–Crippen LogP) is 2.27. The van der Waals surface area contributed by atoms with Gasteiger partial charge in [0.1, 0.15) is 6.04 Å². The van der Waals surface area contributed by atoms with Crippen molar-refractivity contribution in [2.24, 2.45) is 5.92 Å². The monoisotopic (exact) mass is 412 g/mol. The molecular weight excluding hydrogens is 385 g/mol. The van der Waals surface area contributed by atoms with E-state index >= 15 is 0 Å². The van der Waals surface area contributed by atoms with Crippen LogP contribution in [0.5, 0.6) is 0 Å². The largest absolute Gasteiger partial charge is 0.416 e. The lowest BCUT2D eigenvalue weighted by molar-refractivity contribution is -0.137. The summed E-state index contributed by atoms with van der Waals surface area (Å²) in [5.41, 5.74) is 5.69. The van der Waals surface area contributed by atoms with Gasteiger partial charge in [-0.2, -0.15) is 13.2 Å². The van der Waals surface area contributed by atoms with E-state index in [1.54, 1.807) is 9.80 Å². The van der Waals surface area contributed by atoms with Gasteiger partial charge in [0.2, 0.25) is 5.91 Å². The van der Waals surface area contributed by atoms with Crippen molar-refractivity contribution in [3.8, 4) is 0 Å². The number of carbonyl (C=O) groups excluding carboxylic acids is 2. The molecule has 2 aliphatic heterocycles. The lowest BCUT2D eigenvalue weighted by atomic mass is 9.99. The van der Waals surface area contributed by atoms with E-state index < -0.39 is 11.7 Å². The molecule has 0 aromatic heterocycles. The van der Waals surface area contributed by atoms with Crippen molar-refractivity contribution in [3.63, 3.8) is 0 Å². The lowest BCUT2D eigenvalue weighted by Crippen LogP contribution is -2.54. The third-order valence-corrected chi connectivity index (χ3v) is 5.37. The fourth-order valence-electron chi connectivity index (χ4n) is 3.84. The van der Waals surface area contributed by atoms with E-state index in [2.05, 4.69) is 24.7 Å². The summed E-state index contributed by atoms with van der Waals surface area (Å²) in [6.07, 6.45) is -2.70. The molecule has 2 fully saturated rings. The zero-order valence-corrected chi connectivity index (χ0v) is 16.6. The molecule has 6 nitrogen and oxygen atoms in total. The van der Waals surface area contributed by atoms with Crippen molar-refractivity contribution >= 4 is 11.8 Å². The second-order valence-electron chi connectivity index (χ2n) is 8.10. The van der Waals surface area contributed by atoms with Gasteiger partial charge >= 0.3 is 6.18 Å². The number of alkyl halides is 3. The van der Waals surface area contributed by atoms with E-state index in [1.165, 1.54) is 12.1 Å². The summed E-state index contributed by atoms with van der Waals surface area (Å²) in [5.74, 6) is 0.247. The molecule has 0 spiro atoms. The topological polar surface area (TPSA) is 64.7 Å². The average molecular weight is 412 g/mol. The van der Waals surface area contributed by atoms with Crippen LogP contribution in [0.4, 0.5) is 13.2 Å². The van der Waals surface area contributed by atoms with Crippen LogP contribution in [0.2, 0.25) is 0 Å². The van der Waals surface area contributed by atoms with Gasteiger partial charge in [0.15, 0.2) is 0 Å². The van der Waals surface area contributed by atoms with Crippen molar-refractivity contribution < 1.29 is 22.8 Å². The Balaban J connectivity index is 1.51. The van der Waals surface area contributed by atoms with Gasteiger partial charge in [-0.3, -0.25) is 15.0 Å². The molecule has 1 aromatic rings. The molecule has 2 aliphatic rings. The molecule has 2 unspecified atom stereocenters. The first kappa shape index (κ1) is 21.6. The van der Waals surface area contributed by atoms with Crippen molar-refractivity contribution in [3.05, 3.63) is 35.4 Å². The van der Waals surface area contributed by atoms with Gasteiger partial charge in [-0.05, 0) is 43.0 Å². The fraction of sp³-hybridized carbons (Fsp3) is 0.600. The molecule has 2 amide bonds.